The first kappa shape index (κ1) is 14.2. The van der Waals surface area contributed by atoms with E-state index in [-0.39, 0.29) is 18.2 Å². The van der Waals surface area contributed by atoms with Gasteiger partial charge in [-0.2, -0.15) is 0 Å². The lowest BCUT2D eigenvalue weighted by molar-refractivity contribution is -0.116. The van der Waals surface area contributed by atoms with E-state index >= 15 is 0 Å². The summed E-state index contributed by atoms with van der Waals surface area (Å²) >= 11 is 0. The molecule has 5 heteroatoms. The molecule has 0 heterocycles. The zero-order valence-electron chi connectivity index (χ0n) is 10.6. The van der Waals surface area contributed by atoms with E-state index in [9.17, 15) is 9.59 Å². The second-order valence-electron chi connectivity index (χ2n) is 4.09. The summed E-state index contributed by atoms with van der Waals surface area (Å²) in [6.07, 6.45) is 0.225. The van der Waals surface area contributed by atoms with Crippen molar-refractivity contribution in [2.45, 2.75) is 25.9 Å². The van der Waals surface area contributed by atoms with Gasteiger partial charge >= 0.3 is 0 Å². The molecule has 18 heavy (non-hydrogen) atoms. The third-order valence-corrected chi connectivity index (χ3v) is 2.45. The number of aliphatic hydroxyl groups excluding tert-OH is 1. The second kappa shape index (κ2) is 6.76. The summed E-state index contributed by atoms with van der Waals surface area (Å²) in [4.78, 5) is 22.8. The van der Waals surface area contributed by atoms with Gasteiger partial charge in [-0.05, 0) is 37.6 Å². The molecule has 0 spiro atoms. The quantitative estimate of drug-likeness (QED) is 0.733. The van der Waals surface area contributed by atoms with Crippen LogP contribution in [0.1, 0.15) is 30.1 Å². The first-order valence-corrected chi connectivity index (χ1v) is 5.83. The predicted octanol–water partition coefficient (Wildman–Crippen LogP) is 1.15. The van der Waals surface area contributed by atoms with Crippen molar-refractivity contribution in [3.05, 3.63) is 29.8 Å². The second-order valence-corrected chi connectivity index (χ2v) is 4.09. The molecule has 98 valence electrons. The zero-order chi connectivity index (χ0) is 13.5. The highest BCUT2D eigenvalue weighted by molar-refractivity contribution is 5.95. The summed E-state index contributed by atoms with van der Waals surface area (Å²) in [5.74, 6) is -0.314. The van der Waals surface area contributed by atoms with Crippen LogP contribution in [0.5, 0.6) is 0 Å². The lowest BCUT2D eigenvalue weighted by Crippen LogP contribution is -2.18. The Morgan fingerprint density at radius 1 is 1.28 bits per heavy atom. The monoisotopic (exact) mass is 250 g/mol. The van der Waals surface area contributed by atoms with Crippen LogP contribution in [0.15, 0.2) is 24.3 Å². The number of amides is 2. The average molecular weight is 250 g/mol. The van der Waals surface area contributed by atoms with Crippen molar-refractivity contribution in [3.8, 4) is 0 Å². The summed E-state index contributed by atoms with van der Waals surface area (Å²) in [6.45, 7) is 1.64. The normalized spacial score (nSPS) is 11.7. The van der Waals surface area contributed by atoms with E-state index in [2.05, 4.69) is 10.6 Å². The smallest absolute Gasteiger partial charge is 0.251 e. The molecule has 0 aliphatic carbocycles. The number of carbonyl (C=O) groups excluding carboxylic acids is 2. The maximum atomic E-state index is 11.5. The third-order valence-electron chi connectivity index (χ3n) is 2.45. The summed E-state index contributed by atoms with van der Waals surface area (Å²) in [6, 6.07) is 6.63. The van der Waals surface area contributed by atoms with E-state index in [1.54, 1.807) is 38.2 Å². The van der Waals surface area contributed by atoms with Crippen molar-refractivity contribution in [3.63, 3.8) is 0 Å². The Balaban J connectivity index is 2.53. The Labute approximate surface area is 106 Å². The number of benzene rings is 1. The molecule has 1 aromatic carbocycles. The molecular weight excluding hydrogens is 232 g/mol. The van der Waals surface area contributed by atoms with Gasteiger partial charge in [-0.1, -0.05) is 0 Å². The molecule has 0 saturated carbocycles. The van der Waals surface area contributed by atoms with Crippen LogP contribution in [0, 0.1) is 0 Å². The van der Waals surface area contributed by atoms with Gasteiger partial charge in [0.1, 0.15) is 0 Å². The van der Waals surface area contributed by atoms with Gasteiger partial charge in [-0.25, -0.2) is 0 Å². The maximum Gasteiger partial charge on any atom is 0.251 e. The lowest BCUT2D eigenvalue weighted by Gasteiger charge is -2.07. The molecule has 0 aromatic heterocycles. The minimum Gasteiger partial charge on any atom is -0.393 e. The highest BCUT2D eigenvalue weighted by Gasteiger charge is 2.06. The molecule has 0 saturated heterocycles. The first-order valence-electron chi connectivity index (χ1n) is 5.83. The fourth-order valence-electron chi connectivity index (χ4n) is 1.41. The van der Waals surface area contributed by atoms with E-state index in [1.807, 2.05) is 0 Å². The van der Waals surface area contributed by atoms with Crippen molar-refractivity contribution >= 4 is 17.5 Å². The van der Waals surface area contributed by atoms with E-state index < -0.39 is 6.10 Å². The largest absolute Gasteiger partial charge is 0.393 e. The summed E-state index contributed by atoms with van der Waals surface area (Å²) < 4.78 is 0. The van der Waals surface area contributed by atoms with Crippen LogP contribution in [-0.4, -0.2) is 30.1 Å². The minimum atomic E-state index is -0.480. The van der Waals surface area contributed by atoms with Crippen LogP contribution in [0.3, 0.4) is 0 Å². The van der Waals surface area contributed by atoms with Crippen molar-refractivity contribution in [2.24, 2.45) is 0 Å². The van der Waals surface area contributed by atoms with Gasteiger partial charge in [-0.3, -0.25) is 9.59 Å². The van der Waals surface area contributed by atoms with E-state index in [1.165, 1.54) is 0 Å². The molecule has 0 radical (unpaired) electrons. The topological polar surface area (TPSA) is 78.4 Å². The summed E-state index contributed by atoms with van der Waals surface area (Å²) in [5.41, 5.74) is 1.18. The Kier molecular flexibility index (Phi) is 5.32. The Hall–Kier alpha value is -1.88. The van der Waals surface area contributed by atoms with Crippen LogP contribution in [-0.2, 0) is 4.79 Å². The number of hydrogen-bond acceptors (Lipinski definition) is 3. The summed E-state index contributed by atoms with van der Waals surface area (Å²) in [5, 5.41) is 14.3. The van der Waals surface area contributed by atoms with Gasteiger partial charge in [0, 0.05) is 24.7 Å². The molecule has 5 nitrogen and oxygen atoms in total. The maximum absolute atomic E-state index is 11.5. The van der Waals surface area contributed by atoms with Crippen LogP contribution >= 0.6 is 0 Å². The summed E-state index contributed by atoms with van der Waals surface area (Å²) in [7, 11) is 1.56. The van der Waals surface area contributed by atoms with Gasteiger partial charge < -0.3 is 15.7 Å². The molecule has 3 N–H and O–H groups in total. The number of hydrogen-bond donors (Lipinski definition) is 3. The molecule has 0 aliphatic heterocycles. The third kappa shape index (κ3) is 4.55. The molecule has 0 bridgehead atoms. The number of rotatable bonds is 5. The van der Waals surface area contributed by atoms with Crippen LogP contribution in [0.4, 0.5) is 5.69 Å². The molecule has 1 atom stereocenters. The van der Waals surface area contributed by atoms with Gasteiger partial charge in [0.2, 0.25) is 5.91 Å². The van der Waals surface area contributed by atoms with Crippen molar-refractivity contribution < 1.29 is 14.7 Å². The van der Waals surface area contributed by atoms with E-state index in [4.69, 9.17) is 5.11 Å². The fourth-order valence-corrected chi connectivity index (χ4v) is 1.41. The molecule has 2 amide bonds. The lowest BCUT2D eigenvalue weighted by atomic mass is 10.2. The molecule has 1 unspecified atom stereocenters. The SMILES string of the molecule is CNC(=O)c1ccc(NC(=O)CCC(C)O)cc1. The molecule has 1 rings (SSSR count). The predicted molar refractivity (Wildman–Crippen MR) is 69.4 cm³/mol. The fraction of sp³-hybridized carbons (Fsp3) is 0.385. The number of nitrogens with one attached hydrogen (secondary N) is 2. The van der Waals surface area contributed by atoms with Crippen molar-refractivity contribution in [2.75, 3.05) is 12.4 Å². The highest BCUT2D eigenvalue weighted by atomic mass is 16.3. The van der Waals surface area contributed by atoms with Crippen LogP contribution < -0.4 is 10.6 Å². The van der Waals surface area contributed by atoms with Crippen molar-refractivity contribution in [1.29, 1.82) is 0 Å². The number of anilines is 1. The molecule has 1 aromatic rings. The molecular formula is C13H18N2O3. The number of aliphatic hydroxyl groups is 1. The Morgan fingerprint density at radius 2 is 1.89 bits per heavy atom. The standard InChI is InChI=1S/C13H18N2O3/c1-9(16)3-8-12(17)15-11-6-4-10(5-7-11)13(18)14-2/h4-7,9,16H,3,8H2,1-2H3,(H,14,18)(H,15,17). The van der Waals surface area contributed by atoms with E-state index in [0.29, 0.717) is 17.7 Å². The van der Waals surface area contributed by atoms with Gasteiger partial charge in [-0.15, -0.1) is 0 Å². The minimum absolute atomic E-state index is 0.149. The molecule has 0 fully saturated rings. The first-order chi connectivity index (χ1) is 8.52. The average Bonchev–Trinajstić information content (AvgIpc) is 2.36. The Morgan fingerprint density at radius 3 is 2.39 bits per heavy atom. The van der Waals surface area contributed by atoms with Gasteiger partial charge in [0.05, 0.1) is 6.10 Å². The molecule has 0 aliphatic rings. The highest BCUT2D eigenvalue weighted by Crippen LogP contribution is 2.10. The van der Waals surface area contributed by atoms with Crippen LogP contribution in [0.2, 0.25) is 0 Å². The van der Waals surface area contributed by atoms with Crippen molar-refractivity contribution in [1.82, 2.24) is 5.32 Å². The Bertz CT molecular complexity index is 413. The van der Waals surface area contributed by atoms with Gasteiger partial charge in [0.25, 0.3) is 5.91 Å². The zero-order valence-corrected chi connectivity index (χ0v) is 10.6. The van der Waals surface area contributed by atoms with Gasteiger partial charge in [0.15, 0.2) is 0 Å². The number of carbonyl (C=O) groups is 2. The van der Waals surface area contributed by atoms with Crippen LogP contribution in [0.25, 0.3) is 0 Å². The van der Waals surface area contributed by atoms with E-state index in [0.717, 1.165) is 0 Å².